The van der Waals surface area contributed by atoms with Crippen LogP contribution in [0, 0.1) is 35.0 Å². The van der Waals surface area contributed by atoms with Crippen LogP contribution in [0.4, 0.5) is 13.2 Å². The summed E-state index contributed by atoms with van der Waals surface area (Å²) in [6.07, 6.45) is 2.50. The smallest absolute Gasteiger partial charge is 0.394 e. The van der Waals surface area contributed by atoms with E-state index in [9.17, 15) is 22.8 Å². The second-order valence-corrected chi connectivity index (χ2v) is 8.99. The van der Waals surface area contributed by atoms with E-state index in [1.54, 1.807) is 0 Å². The standard InChI is InChI=1S/C18H24F3NO3/c19-18(20,21)14-9-22(8-13(14)16(24)25)15(23)7-17-4-10-1-11(5-17)3-12(2-10)6-17/h10-14H,1-9H2,(H,24,25)/t10?,11?,12?,13-,14-,17?/m1/s1. The van der Waals surface area contributed by atoms with Crippen LogP contribution in [0.25, 0.3) is 0 Å². The van der Waals surface area contributed by atoms with Gasteiger partial charge in [0.25, 0.3) is 0 Å². The Labute approximate surface area is 144 Å². The van der Waals surface area contributed by atoms with E-state index in [1.807, 2.05) is 0 Å². The summed E-state index contributed by atoms with van der Waals surface area (Å²) in [5.74, 6) is -3.22. The molecule has 7 heteroatoms. The van der Waals surface area contributed by atoms with Crippen molar-refractivity contribution in [2.24, 2.45) is 35.0 Å². The Morgan fingerprint density at radius 1 is 1.00 bits per heavy atom. The zero-order valence-electron chi connectivity index (χ0n) is 14.1. The first-order chi connectivity index (χ1) is 11.7. The molecule has 5 fully saturated rings. The molecule has 140 valence electrons. The van der Waals surface area contributed by atoms with Gasteiger partial charge in [0.15, 0.2) is 0 Å². The highest BCUT2D eigenvalue weighted by atomic mass is 19.4. The summed E-state index contributed by atoms with van der Waals surface area (Å²) < 4.78 is 39.4. The number of likely N-dealkylation sites (tertiary alicyclic amines) is 1. The molecule has 1 amide bonds. The van der Waals surface area contributed by atoms with Gasteiger partial charge < -0.3 is 10.0 Å². The van der Waals surface area contributed by atoms with Gasteiger partial charge in [-0.1, -0.05) is 0 Å². The molecule has 1 N–H and O–H groups in total. The summed E-state index contributed by atoms with van der Waals surface area (Å²) in [6, 6.07) is 0. The van der Waals surface area contributed by atoms with Crippen molar-refractivity contribution in [3.8, 4) is 0 Å². The van der Waals surface area contributed by atoms with Crippen molar-refractivity contribution in [1.82, 2.24) is 4.90 Å². The number of carbonyl (C=O) groups excluding carboxylic acids is 1. The second-order valence-electron chi connectivity index (χ2n) is 8.99. The van der Waals surface area contributed by atoms with Crippen LogP contribution in [0.1, 0.15) is 44.9 Å². The average Bonchev–Trinajstić information content (AvgIpc) is 2.90. The highest BCUT2D eigenvalue weighted by Gasteiger charge is 2.55. The number of carbonyl (C=O) groups is 2. The van der Waals surface area contributed by atoms with Crippen molar-refractivity contribution in [3.05, 3.63) is 0 Å². The van der Waals surface area contributed by atoms with Crippen LogP contribution in [-0.4, -0.2) is 41.1 Å². The molecule has 4 bridgehead atoms. The van der Waals surface area contributed by atoms with Crippen LogP contribution in [0.15, 0.2) is 0 Å². The van der Waals surface area contributed by atoms with Gasteiger partial charge in [-0.25, -0.2) is 0 Å². The van der Waals surface area contributed by atoms with Gasteiger partial charge in [-0.2, -0.15) is 13.2 Å². The fourth-order valence-corrected chi connectivity index (χ4v) is 6.53. The molecule has 1 saturated heterocycles. The molecular formula is C18H24F3NO3. The zero-order chi connectivity index (χ0) is 18.0. The van der Waals surface area contributed by atoms with E-state index >= 15 is 0 Å². The number of amides is 1. The normalized spacial score (nSPS) is 42.8. The molecule has 4 aliphatic carbocycles. The number of rotatable bonds is 3. The number of nitrogens with zero attached hydrogens (tertiary/aromatic N) is 1. The van der Waals surface area contributed by atoms with Crippen LogP contribution >= 0.6 is 0 Å². The topological polar surface area (TPSA) is 57.6 Å². The molecule has 0 spiro atoms. The molecule has 0 aromatic heterocycles. The van der Waals surface area contributed by atoms with E-state index in [4.69, 9.17) is 5.11 Å². The first-order valence-electron chi connectivity index (χ1n) is 9.22. The maximum Gasteiger partial charge on any atom is 0.394 e. The second kappa shape index (κ2) is 5.61. The summed E-state index contributed by atoms with van der Waals surface area (Å²) in [6.45, 7) is -0.823. The molecule has 0 aromatic carbocycles. The van der Waals surface area contributed by atoms with E-state index in [-0.39, 0.29) is 17.9 Å². The molecule has 4 saturated carbocycles. The minimum Gasteiger partial charge on any atom is -0.481 e. The third-order valence-electron chi connectivity index (χ3n) is 7.10. The predicted molar refractivity (Wildman–Crippen MR) is 82.5 cm³/mol. The molecule has 5 aliphatic rings. The van der Waals surface area contributed by atoms with Gasteiger partial charge in [-0.15, -0.1) is 0 Å². The number of hydrogen-bond acceptors (Lipinski definition) is 2. The van der Waals surface area contributed by atoms with Crippen molar-refractivity contribution < 1.29 is 27.9 Å². The van der Waals surface area contributed by atoms with E-state index in [1.165, 1.54) is 19.3 Å². The lowest BCUT2D eigenvalue weighted by Crippen LogP contribution is -2.48. The Hall–Kier alpha value is -1.27. The third-order valence-corrected chi connectivity index (χ3v) is 7.10. The number of carboxylic acid groups (broad SMARTS) is 1. The lowest BCUT2D eigenvalue weighted by Gasteiger charge is -2.56. The van der Waals surface area contributed by atoms with Crippen molar-refractivity contribution >= 4 is 11.9 Å². The molecule has 0 aromatic rings. The van der Waals surface area contributed by atoms with Crippen molar-refractivity contribution in [1.29, 1.82) is 0 Å². The number of halogens is 3. The monoisotopic (exact) mass is 359 g/mol. The summed E-state index contributed by atoms with van der Waals surface area (Å²) >= 11 is 0. The van der Waals surface area contributed by atoms with Gasteiger partial charge in [0.05, 0.1) is 11.8 Å². The first kappa shape index (κ1) is 17.2. The molecule has 0 radical (unpaired) electrons. The van der Waals surface area contributed by atoms with Crippen LogP contribution in [0.5, 0.6) is 0 Å². The Kier molecular flexibility index (Phi) is 3.85. The molecule has 5 rings (SSSR count). The fraction of sp³-hybridized carbons (Fsp3) is 0.889. The van der Waals surface area contributed by atoms with Gasteiger partial charge in [0.2, 0.25) is 5.91 Å². The highest BCUT2D eigenvalue weighted by Crippen LogP contribution is 2.61. The SMILES string of the molecule is O=C(O)[C@@H]1CN(C(=O)CC23CC4CC(CC(C4)C2)C3)C[C@H]1C(F)(F)F. The van der Waals surface area contributed by atoms with Gasteiger partial charge in [-0.05, 0) is 61.7 Å². The Balaban J connectivity index is 1.46. The van der Waals surface area contributed by atoms with Crippen LogP contribution in [0.3, 0.4) is 0 Å². The number of aliphatic carboxylic acids is 1. The number of carboxylic acids is 1. The Morgan fingerprint density at radius 2 is 1.52 bits per heavy atom. The van der Waals surface area contributed by atoms with Crippen LogP contribution in [-0.2, 0) is 9.59 Å². The Bertz CT molecular complexity index is 553. The molecule has 1 heterocycles. The lowest BCUT2D eigenvalue weighted by molar-refractivity contribution is -0.188. The quantitative estimate of drug-likeness (QED) is 0.841. The van der Waals surface area contributed by atoms with Crippen LogP contribution < -0.4 is 0 Å². The Morgan fingerprint density at radius 3 is 1.92 bits per heavy atom. The lowest BCUT2D eigenvalue weighted by atomic mass is 9.49. The van der Waals surface area contributed by atoms with E-state index in [2.05, 4.69) is 0 Å². The minimum atomic E-state index is -4.58. The summed E-state index contributed by atoms with van der Waals surface area (Å²) in [7, 11) is 0. The maximum absolute atomic E-state index is 13.1. The van der Waals surface area contributed by atoms with E-state index < -0.39 is 30.5 Å². The highest BCUT2D eigenvalue weighted by molar-refractivity contribution is 5.79. The van der Waals surface area contributed by atoms with Gasteiger partial charge in [0.1, 0.15) is 0 Å². The van der Waals surface area contributed by atoms with E-state index in [0.717, 1.165) is 24.2 Å². The fourth-order valence-electron chi connectivity index (χ4n) is 6.53. The molecule has 4 nitrogen and oxygen atoms in total. The predicted octanol–water partition coefficient (Wildman–Crippen LogP) is 3.31. The molecule has 0 unspecified atom stereocenters. The van der Waals surface area contributed by atoms with Gasteiger partial charge in [-0.3, -0.25) is 9.59 Å². The largest absolute Gasteiger partial charge is 0.481 e. The summed E-state index contributed by atoms with van der Waals surface area (Å²) in [4.78, 5) is 25.1. The van der Waals surface area contributed by atoms with Gasteiger partial charge >= 0.3 is 12.1 Å². The number of alkyl halides is 3. The van der Waals surface area contributed by atoms with E-state index in [0.29, 0.717) is 24.2 Å². The summed E-state index contributed by atoms with van der Waals surface area (Å²) in [5, 5.41) is 9.11. The molecule has 1 aliphatic heterocycles. The zero-order valence-corrected chi connectivity index (χ0v) is 14.1. The van der Waals surface area contributed by atoms with Crippen LogP contribution in [0.2, 0.25) is 0 Å². The molecule has 25 heavy (non-hydrogen) atoms. The third kappa shape index (κ3) is 3.04. The van der Waals surface area contributed by atoms with Crippen molar-refractivity contribution in [3.63, 3.8) is 0 Å². The molecule has 2 atom stereocenters. The van der Waals surface area contributed by atoms with Gasteiger partial charge in [0, 0.05) is 19.5 Å². The van der Waals surface area contributed by atoms with Crippen molar-refractivity contribution in [2.75, 3.05) is 13.1 Å². The minimum absolute atomic E-state index is 0.0408. The number of hydrogen-bond donors (Lipinski definition) is 1. The summed E-state index contributed by atoms with van der Waals surface area (Å²) in [5.41, 5.74) is -0.0408. The first-order valence-corrected chi connectivity index (χ1v) is 9.22. The van der Waals surface area contributed by atoms with Crippen molar-refractivity contribution in [2.45, 2.75) is 51.1 Å². The molecular weight excluding hydrogens is 335 g/mol. The average molecular weight is 359 g/mol. The maximum atomic E-state index is 13.1.